The van der Waals surface area contributed by atoms with Crippen molar-refractivity contribution in [2.24, 2.45) is 5.92 Å². The topological polar surface area (TPSA) is 237 Å². The lowest BCUT2D eigenvalue weighted by Gasteiger charge is -2.21. The number of hydrogen-bond acceptors (Lipinski definition) is 15. The second kappa shape index (κ2) is 60.6. The first kappa shape index (κ1) is 84.1. The lowest BCUT2D eigenvalue weighted by atomic mass is 10.0. The van der Waals surface area contributed by atoms with E-state index >= 15 is 0 Å². The summed E-state index contributed by atoms with van der Waals surface area (Å²) in [5, 5.41) is 10.5. The van der Waals surface area contributed by atoms with Crippen LogP contribution in [0.25, 0.3) is 0 Å². The van der Waals surface area contributed by atoms with Crippen molar-refractivity contribution in [2.45, 2.75) is 361 Å². The molecule has 3 N–H and O–H groups in total. The van der Waals surface area contributed by atoms with Crippen LogP contribution in [-0.4, -0.2) is 96.7 Å². The second-order valence-corrected chi connectivity index (χ2v) is 27.6. The summed E-state index contributed by atoms with van der Waals surface area (Å²) in [5.74, 6) is -1.32. The normalized spacial score (nSPS) is 14.2. The summed E-state index contributed by atoms with van der Waals surface area (Å²) in [7, 11) is -9.88. The molecule has 86 heavy (non-hydrogen) atoms. The van der Waals surface area contributed by atoms with Crippen LogP contribution < -0.4 is 0 Å². The highest BCUT2D eigenvalue weighted by atomic mass is 31.2. The van der Waals surface area contributed by atoms with E-state index in [9.17, 15) is 43.2 Å². The van der Waals surface area contributed by atoms with Crippen molar-refractivity contribution in [3.05, 3.63) is 0 Å². The number of unbranched alkanes of at least 4 members (excludes halogenated alkanes) is 39. The molecular weight excluding hydrogens is 1140 g/mol. The van der Waals surface area contributed by atoms with Gasteiger partial charge in [-0.2, -0.15) is 0 Å². The SMILES string of the molecule is CCCCCCCCCCCCC(=O)OC[C@H](COP(=O)(O)OC[C@@H](O)COP(=O)(O)OC[C@@H](COC(=O)CCCCCCCCC)OC(=O)CCCCCCCCCC)OC(=O)CCCCCCCCCCCCCCCCCCCCC(C)C. The van der Waals surface area contributed by atoms with Gasteiger partial charge in [0.1, 0.15) is 19.3 Å². The van der Waals surface area contributed by atoms with Crippen LogP contribution in [0.15, 0.2) is 0 Å². The number of carbonyl (C=O) groups is 4. The van der Waals surface area contributed by atoms with Crippen molar-refractivity contribution in [1.82, 2.24) is 0 Å². The summed E-state index contributed by atoms with van der Waals surface area (Å²) in [6.07, 6.45) is 46.1. The van der Waals surface area contributed by atoms with Gasteiger partial charge in [0.2, 0.25) is 0 Å². The predicted octanol–water partition coefficient (Wildman–Crippen LogP) is 19.0. The lowest BCUT2D eigenvalue weighted by Crippen LogP contribution is -2.30. The molecule has 19 heteroatoms. The van der Waals surface area contributed by atoms with Crippen molar-refractivity contribution in [3.8, 4) is 0 Å². The number of phosphoric ester groups is 2. The molecule has 2 unspecified atom stereocenters. The van der Waals surface area contributed by atoms with E-state index in [1.807, 2.05) is 0 Å². The number of aliphatic hydroxyl groups excluding tert-OH is 1. The third-order valence-electron chi connectivity index (χ3n) is 15.5. The Kier molecular flexibility index (Phi) is 59.2. The zero-order chi connectivity index (χ0) is 63.5. The monoisotopic (exact) mass is 1270 g/mol. The Bertz CT molecular complexity index is 1670. The molecule has 0 aromatic heterocycles. The van der Waals surface area contributed by atoms with Crippen molar-refractivity contribution in [2.75, 3.05) is 39.6 Å². The fraction of sp³-hybridized carbons (Fsp3) is 0.940. The Labute approximate surface area is 524 Å². The van der Waals surface area contributed by atoms with Crippen LogP contribution in [0.3, 0.4) is 0 Å². The van der Waals surface area contributed by atoms with Gasteiger partial charge in [-0.15, -0.1) is 0 Å². The van der Waals surface area contributed by atoms with Crippen LogP contribution >= 0.6 is 15.6 Å². The maximum atomic E-state index is 13.0. The maximum absolute atomic E-state index is 13.0. The molecule has 0 saturated heterocycles. The van der Waals surface area contributed by atoms with Gasteiger partial charge in [-0.25, -0.2) is 9.13 Å². The number of aliphatic hydroxyl groups is 1. The molecular formula is C67H130O17P2. The molecule has 0 spiro atoms. The average molecular weight is 1270 g/mol. The van der Waals surface area contributed by atoms with Crippen LogP contribution in [0.5, 0.6) is 0 Å². The number of ether oxygens (including phenoxy) is 4. The Balaban J connectivity index is 5.09. The fourth-order valence-electron chi connectivity index (χ4n) is 10.1. The van der Waals surface area contributed by atoms with Gasteiger partial charge in [0.25, 0.3) is 0 Å². The van der Waals surface area contributed by atoms with Gasteiger partial charge < -0.3 is 33.8 Å². The summed E-state index contributed by atoms with van der Waals surface area (Å²) in [4.78, 5) is 72.1. The maximum Gasteiger partial charge on any atom is 0.472 e. The first-order valence-electron chi connectivity index (χ1n) is 35.1. The Hall–Kier alpha value is -1.94. The zero-order valence-corrected chi connectivity index (χ0v) is 57.2. The van der Waals surface area contributed by atoms with E-state index < -0.39 is 97.5 Å². The average Bonchev–Trinajstić information content (AvgIpc) is 3.61. The van der Waals surface area contributed by atoms with Gasteiger partial charge in [-0.1, -0.05) is 291 Å². The molecule has 17 nitrogen and oxygen atoms in total. The molecule has 0 radical (unpaired) electrons. The lowest BCUT2D eigenvalue weighted by molar-refractivity contribution is -0.161. The Morgan fingerprint density at radius 2 is 0.535 bits per heavy atom. The van der Waals surface area contributed by atoms with E-state index in [4.69, 9.17) is 37.0 Å². The molecule has 0 saturated carbocycles. The number of esters is 4. The molecule has 0 heterocycles. The molecule has 5 atom stereocenters. The number of carbonyl (C=O) groups excluding carboxylic acids is 4. The minimum Gasteiger partial charge on any atom is -0.462 e. The number of phosphoric acid groups is 2. The number of hydrogen-bond donors (Lipinski definition) is 3. The Morgan fingerprint density at radius 3 is 0.791 bits per heavy atom. The van der Waals surface area contributed by atoms with Crippen LogP contribution in [0.2, 0.25) is 0 Å². The molecule has 0 aliphatic carbocycles. The minimum atomic E-state index is -4.94. The smallest absolute Gasteiger partial charge is 0.462 e. The van der Waals surface area contributed by atoms with E-state index in [0.717, 1.165) is 115 Å². The van der Waals surface area contributed by atoms with Crippen LogP contribution in [0.4, 0.5) is 0 Å². The van der Waals surface area contributed by atoms with Crippen molar-refractivity contribution < 1.29 is 80.2 Å². The van der Waals surface area contributed by atoms with E-state index in [1.54, 1.807) is 0 Å². The number of rotatable bonds is 67. The van der Waals surface area contributed by atoms with Crippen LogP contribution in [0, 0.1) is 5.92 Å². The summed E-state index contributed by atoms with van der Waals surface area (Å²) in [6, 6.07) is 0. The summed E-state index contributed by atoms with van der Waals surface area (Å²) >= 11 is 0. The van der Waals surface area contributed by atoms with Crippen LogP contribution in [-0.2, 0) is 65.4 Å². The van der Waals surface area contributed by atoms with Crippen molar-refractivity contribution in [1.29, 1.82) is 0 Å². The summed E-state index contributed by atoms with van der Waals surface area (Å²) in [6.45, 7) is 7.18. The van der Waals surface area contributed by atoms with Gasteiger partial charge in [0.05, 0.1) is 26.4 Å². The molecule has 510 valence electrons. The van der Waals surface area contributed by atoms with Crippen molar-refractivity contribution in [3.63, 3.8) is 0 Å². The third-order valence-corrected chi connectivity index (χ3v) is 17.4. The summed E-state index contributed by atoms with van der Waals surface area (Å²) < 4.78 is 67.9. The molecule has 0 rings (SSSR count). The van der Waals surface area contributed by atoms with Gasteiger partial charge in [-0.05, 0) is 31.6 Å². The van der Waals surface area contributed by atoms with Crippen LogP contribution in [0.1, 0.15) is 343 Å². The fourth-order valence-corrected chi connectivity index (χ4v) is 11.7. The Morgan fingerprint density at radius 1 is 0.314 bits per heavy atom. The largest absolute Gasteiger partial charge is 0.472 e. The van der Waals surface area contributed by atoms with Gasteiger partial charge in [0, 0.05) is 25.7 Å². The third kappa shape index (κ3) is 60.9. The standard InChI is InChI=1S/C67H130O17P2/c1-6-9-12-15-18-20-32-37-41-46-51-65(70)78-57-63(84-67(72)53-48-43-38-33-30-28-26-24-22-21-23-25-27-29-31-35-39-44-49-60(4)5)59-82-86(75,76)80-55-61(68)54-79-85(73,74)81-58-62(56-77-64(69)50-45-40-34-17-14-11-8-3)83-66(71)52-47-42-36-19-16-13-10-7-2/h60-63,68H,6-59H2,1-5H3,(H,73,74)(H,75,76)/t61-,62+,63+/m0/s1. The quantitative estimate of drug-likeness (QED) is 0.0222. The summed E-state index contributed by atoms with van der Waals surface area (Å²) in [5.41, 5.74) is 0. The van der Waals surface area contributed by atoms with E-state index in [2.05, 4.69) is 34.6 Å². The molecule has 0 aromatic carbocycles. The first-order chi connectivity index (χ1) is 41.5. The molecule has 0 aliphatic rings. The highest BCUT2D eigenvalue weighted by Gasteiger charge is 2.30. The minimum absolute atomic E-state index is 0.105. The highest BCUT2D eigenvalue weighted by molar-refractivity contribution is 7.47. The molecule has 0 bridgehead atoms. The van der Waals surface area contributed by atoms with Gasteiger partial charge in [-0.3, -0.25) is 37.3 Å². The molecule has 0 fully saturated rings. The van der Waals surface area contributed by atoms with E-state index in [1.165, 1.54) is 148 Å². The second-order valence-electron chi connectivity index (χ2n) is 24.7. The van der Waals surface area contributed by atoms with E-state index in [-0.39, 0.29) is 25.7 Å². The van der Waals surface area contributed by atoms with E-state index in [0.29, 0.717) is 25.7 Å². The zero-order valence-electron chi connectivity index (χ0n) is 55.4. The first-order valence-corrected chi connectivity index (χ1v) is 38.1. The molecule has 0 aliphatic heterocycles. The van der Waals surface area contributed by atoms with Gasteiger partial charge in [0.15, 0.2) is 12.2 Å². The molecule has 0 aromatic rings. The van der Waals surface area contributed by atoms with Gasteiger partial charge >= 0.3 is 39.5 Å². The molecule has 0 amide bonds. The predicted molar refractivity (Wildman–Crippen MR) is 345 cm³/mol. The highest BCUT2D eigenvalue weighted by Crippen LogP contribution is 2.45. The van der Waals surface area contributed by atoms with Crippen molar-refractivity contribution >= 4 is 39.5 Å².